The predicted octanol–water partition coefficient (Wildman–Crippen LogP) is 2.88. The van der Waals surface area contributed by atoms with Crippen molar-refractivity contribution >= 4 is 5.78 Å². The van der Waals surface area contributed by atoms with Crippen LogP contribution in [0, 0.1) is 5.92 Å². The molecule has 66 valence electrons. The highest BCUT2D eigenvalue weighted by atomic mass is 16.1. The quantitative estimate of drug-likeness (QED) is 0.573. The molecule has 0 aromatic carbocycles. The molecule has 0 fully saturated rings. The number of hydrogen-bond donors (Lipinski definition) is 0. The van der Waals surface area contributed by atoms with Crippen molar-refractivity contribution in [3.8, 4) is 0 Å². The Morgan fingerprint density at radius 1 is 1.58 bits per heavy atom. The molecular weight excluding hydrogens is 148 g/mol. The van der Waals surface area contributed by atoms with E-state index < -0.39 is 0 Å². The number of rotatable bonds is 2. The van der Waals surface area contributed by atoms with Crippen molar-refractivity contribution in [3.05, 3.63) is 23.3 Å². The average Bonchev–Trinajstić information content (AvgIpc) is 2.30. The SMILES string of the molecule is CCC/C=C1/C=C(C)C(C)C1=O. The smallest absolute Gasteiger partial charge is 0.169 e. The second-order valence-corrected chi connectivity index (χ2v) is 3.42. The highest BCUT2D eigenvalue weighted by Gasteiger charge is 2.23. The van der Waals surface area contributed by atoms with Gasteiger partial charge >= 0.3 is 0 Å². The molecule has 1 rings (SSSR count). The first-order valence-electron chi connectivity index (χ1n) is 4.59. The van der Waals surface area contributed by atoms with Crippen molar-refractivity contribution in [2.75, 3.05) is 0 Å². The molecule has 0 saturated carbocycles. The van der Waals surface area contributed by atoms with Crippen LogP contribution < -0.4 is 0 Å². The first-order chi connectivity index (χ1) is 5.66. The molecule has 0 bridgehead atoms. The molecule has 0 aliphatic heterocycles. The minimum Gasteiger partial charge on any atom is -0.294 e. The molecule has 0 aromatic heterocycles. The van der Waals surface area contributed by atoms with Crippen molar-refractivity contribution in [2.24, 2.45) is 5.92 Å². The fourth-order valence-electron chi connectivity index (χ4n) is 1.36. The number of carbonyl (C=O) groups is 1. The molecule has 0 saturated heterocycles. The molecule has 1 unspecified atom stereocenters. The summed E-state index contributed by atoms with van der Waals surface area (Å²) in [7, 11) is 0. The molecule has 0 amide bonds. The van der Waals surface area contributed by atoms with Gasteiger partial charge in [0.25, 0.3) is 0 Å². The first kappa shape index (κ1) is 9.24. The van der Waals surface area contributed by atoms with E-state index in [9.17, 15) is 4.79 Å². The third kappa shape index (κ3) is 1.66. The van der Waals surface area contributed by atoms with E-state index in [1.54, 1.807) is 0 Å². The Labute approximate surface area is 74.2 Å². The highest BCUT2D eigenvalue weighted by molar-refractivity contribution is 6.04. The summed E-state index contributed by atoms with van der Waals surface area (Å²) in [4.78, 5) is 11.5. The monoisotopic (exact) mass is 164 g/mol. The Morgan fingerprint density at radius 3 is 2.67 bits per heavy atom. The summed E-state index contributed by atoms with van der Waals surface area (Å²) < 4.78 is 0. The molecule has 0 spiro atoms. The second-order valence-electron chi connectivity index (χ2n) is 3.42. The van der Waals surface area contributed by atoms with Crippen LogP contribution in [-0.4, -0.2) is 5.78 Å². The lowest BCUT2D eigenvalue weighted by molar-refractivity contribution is -0.116. The summed E-state index contributed by atoms with van der Waals surface area (Å²) in [6.07, 6.45) is 6.19. The maximum Gasteiger partial charge on any atom is 0.169 e. The van der Waals surface area contributed by atoms with Crippen LogP contribution in [0.15, 0.2) is 23.3 Å². The van der Waals surface area contributed by atoms with E-state index in [0.29, 0.717) is 5.78 Å². The van der Waals surface area contributed by atoms with Crippen LogP contribution in [0.1, 0.15) is 33.6 Å². The largest absolute Gasteiger partial charge is 0.294 e. The topological polar surface area (TPSA) is 17.1 Å². The van der Waals surface area contributed by atoms with Crippen LogP contribution >= 0.6 is 0 Å². The van der Waals surface area contributed by atoms with Gasteiger partial charge in [-0.1, -0.05) is 38.0 Å². The summed E-state index contributed by atoms with van der Waals surface area (Å²) in [6.45, 7) is 6.12. The first-order valence-corrected chi connectivity index (χ1v) is 4.59. The molecule has 0 radical (unpaired) electrons. The van der Waals surface area contributed by atoms with Crippen LogP contribution in [-0.2, 0) is 4.79 Å². The lowest BCUT2D eigenvalue weighted by Gasteiger charge is -1.99. The molecule has 0 N–H and O–H groups in total. The maximum atomic E-state index is 11.5. The molecule has 1 aliphatic rings. The normalized spacial score (nSPS) is 26.6. The van der Waals surface area contributed by atoms with E-state index in [2.05, 4.69) is 13.0 Å². The maximum absolute atomic E-state index is 11.5. The Morgan fingerprint density at radius 2 is 2.25 bits per heavy atom. The number of allylic oxidation sites excluding steroid dienone is 4. The average molecular weight is 164 g/mol. The van der Waals surface area contributed by atoms with E-state index >= 15 is 0 Å². The van der Waals surface area contributed by atoms with E-state index in [-0.39, 0.29) is 5.92 Å². The summed E-state index contributed by atoms with van der Waals surface area (Å²) in [5.41, 5.74) is 2.12. The molecule has 0 aromatic rings. The van der Waals surface area contributed by atoms with Crippen molar-refractivity contribution in [3.63, 3.8) is 0 Å². The van der Waals surface area contributed by atoms with Gasteiger partial charge in [-0.3, -0.25) is 4.79 Å². The van der Waals surface area contributed by atoms with Gasteiger partial charge in [-0.05, 0) is 13.3 Å². The number of Topliss-reactive ketones (excluding diaryl/α,β-unsaturated/α-hetero) is 1. The van der Waals surface area contributed by atoms with Gasteiger partial charge in [0.2, 0.25) is 0 Å². The lowest BCUT2D eigenvalue weighted by Crippen LogP contribution is -2.05. The van der Waals surface area contributed by atoms with Crippen LogP contribution in [0.5, 0.6) is 0 Å². The van der Waals surface area contributed by atoms with Gasteiger partial charge in [0.05, 0.1) is 0 Å². The molecule has 1 atom stereocenters. The minimum atomic E-state index is 0.119. The zero-order valence-corrected chi connectivity index (χ0v) is 8.05. The lowest BCUT2D eigenvalue weighted by atomic mass is 10.0. The van der Waals surface area contributed by atoms with Gasteiger partial charge in [-0.15, -0.1) is 0 Å². The molecule has 0 heterocycles. The van der Waals surface area contributed by atoms with Crippen LogP contribution in [0.3, 0.4) is 0 Å². The predicted molar refractivity (Wildman–Crippen MR) is 50.9 cm³/mol. The third-order valence-corrected chi connectivity index (χ3v) is 2.40. The zero-order chi connectivity index (χ0) is 9.14. The Hall–Kier alpha value is -0.850. The van der Waals surface area contributed by atoms with Crippen molar-refractivity contribution < 1.29 is 4.79 Å². The summed E-state index contributed by atoms with van der Waals surface area (Å²) in [5, 5.41) is 0. The van der Waals surface area contributed by atoms with E-state index in [4.69, 9.17) is 0 Å². The van der Waals surface area contributed by atoms with Crippen molar-refractivity contribution in [1.29, 1.82) is 0 Å². The fraction of sp³-hybridized carbons (Fsp3) is 0.545. The zero-order valence-electron chi connectivity index (χ0n) is 8.05. The summed E-state index contributed by atoms with van der Waals surface area (Å²) >= 11 is 0. The number of carbonyl (C=O) groups excluding carboxylic acids is 1. The molecular formula is C11H16O. The van der Waals surface area contributed by atoms with Crippen molar-refractivity contribution in [1.82, 2.24) is 0 Å². The number of ketones is 1. The van der Waals surface area contributed by atoms with Crippen LogP contribution in [0.4, 0.5) is 0 Å². The van der Waals surface area contributed by atoms with Gasteiger partial charge in [0.1, 0.15) is 0 Å². The molecule has 12 heavy (non-hydrogen) atoms. The summed E-state index contributed by atoms with van der Waals surface area (Å²) in [6, 6.07) is 0. The van der Waals surface area contributed by atoms with Gasteiger partial charge in [0, 0.05) is 11.5 Å². The van der Waals surface area contributed by atoms with Gasteiger partial charge in [-0.25, -0.2) is 0 Å². The van der Waals surface area contributed by atoms with Gasteiger partial charge < -0.3 is 0 Å². The van der Waals surface area contributed by atoms with Gasteiger partial charge in [-0.2, -0.15) is 0 Å². The number of hydrogen-bond acceptors (Lipinski definition) is 1. The number of unbranched alkanes of at least 4 members (excludes halogenated alkanes) is 1. The summed E-state index contributed by atoms with van der Waals surface area (Å²) in [5.74, 6) is 0.411. The molecule has 1 heteroatoms. The highest BCUT2D eigenvalue weighted by Crippen LogP contribution is 2.25. The van der Waals surface area contributed by atoms with Crippen LogP contribution in [0.25, 0.3) is 0 Å². The van der Waals surface area contributed by atoms with E-state index in [1.807, 2.05) is 19.9 Å². The fourth-order valence-corrected chi connectivity index (χ4v) is 1.36. The Kier molecular flexibility index (Phi) is 2.85. The molecule has 1 nitrogen and oxygen atoms in total. The Balaban J connectivity index is 2.76. The standard InChI is InChI=1S/C11H16O/c1-4-5-6-10-7-8(2)9(3)11(10)12/h6-7,9H,4-5H2,1-3H3/b10-6-. The van der Waals surface area contributed by atoms with Crippen LogP contribution in [0.2, 0.25) is 0 Å². The van der Waals surface area contributed by atoms with Crippen molar-refractivity contribution in [2.45, 2.75) is 33.6 Å². The van der Waals surface area contributed by atoms with Gasteiger partial charge in [0.15, 0.2) is 5.78 Å². The second kappa shape index (κ2) is 3.70. The van der Waals surface area contributed by atoms with E-state index in [0.717, 1.165) is 18.4 Å². The van der Waals surface area contributed by atoms with E-state index in [1.165, 1.54) is 5.57 Å². The molecule has 1 aliphatic carbocycles. The Bertz CT molecular complexity index is 246. The third-order valence-electron chi connectivity index (χ3n) is 2.40. The minimum absolute atomic E-state index is 0.119.